The summed E-state index contributed by atoms with van der Waals surface area (Å²) >= 11 is 0. The number of rotatable bonds is 4. The molecular formula is C17H12F4N2O4. The van der Waals surface area contributed by atoms with E-state index in [-0.39, 0.29) is 5.89 Å². The van der Waals surface area contributed by atoms with E-state index in [1.165, 1.54) is 14.1 Å². The Morgan fingerprint density at radius 2 is 1.63 bits per heavy atom. The van der Waals surface area contributed by atoms with Gasteiger partial charge in [0.25, 0.3) is 0 Å². The normalized spacial score (nSPS) is 10.9. The van der Waals surface area contributed by atoms with E-state index in [1.54, 1.807) is 24.3 Å². The van der Waals surface area contributed by atoms with Crippen molar-refractivity contribution in [1.29, 1.82) is 0 Å². The molecule has 142 valence electrons. The highest BCUT2D eigenvalue weighted by Crippen LogP contribution is 2.35. The third-order valence-corrected chi connectivity index (χ3v) is 3.42. The quantitative estimate of drug-likeness (QED) is 0.502. The van der Waals surface area contributed by atoms with E-state index in [0.717, 1.165) is 4.90 Å². The number of hydrogen-bond acceptors (Lipinski definition) is 5. The van der Waals surface area contributed by atoms with Crippen LogP contribution in [0.4, 0.5) is 22.4 Å². The fraction of sp³-hybridized carbons (Fsp3) is 0.176. The van der Waals surface area contributed by atoms with Crippen molar-refractivity contribution in [2.24, 2.45) is 0 Å². The fourth-order valence-corrected chi connectivity index (χ4v) is 2.10. The van der Waals surface area contributed by atoms with Crippen LogP contribution in [0, 0.1) is 23.3 Å². The number of hydrogen-bond donors (Lipinski definition) is 0. The summed E-state index contributed by atoms with van der Waals surface area (Å²) in [5.74, 6) is -10.4. The molecule has 1 amide bonds. The summed E-state index contributed by atoms with van der Waals surface area (Å²) in [5, 5.41) is 0. The van der Waals surface area contributed by atoms with Gasteiger partial charge < -0.3 is 18.8 Å². The van der Waals surface area contributed by atoms with E-state index in [2.05, 4.69) is 9.72 Å². The molecule has 0 spiro atoms. The van der Waals surface area contributed by atoms with Crippen molar-refractivity contribution in [2.75, 3.05) is 14.1 Å². The molecule has 0 fully saturated rings. The number of benzene rings is 2. The molecule has 2 aromatic carbocycles. The lowest BCUT2D eigenvalue weighted by Gasteiger charge is -2.14. The van der Waals surface area contributed by atoms with Gasteiger partial charge in [-0.3, -0.25) is 0 Å². The SMILES string of the molecule is CN(C)C(=O)Oc1c(F)c(F)c(OCc2nc3ccccc3o2)c(F)c1F. The van der Waals surface area contributed by atoms with Crippen LogP contribution in [0.15, 0.2) is 28.7 Å². The van der Waals surface area contributed by atoms with Crippen molar-refractivity contribution in [2.45, 2.75) is 6.61 Å². The molecule has 0 aliphatic carbocycles. The number of carbonyl (C=O) groups excluding carboxylic acids is 1. The molecule has 0 radical (unpaired) electrons. The van der Waals surface area contributed by atoms with Crippen LogP contribution in [0.1, 0.15) is 5.89 Å². The second-order valence-corrected chi connectivity index (χ2v) is 5.54. The highest BCUT2D eigenvalue weighted by Gasteiger charge is 2.30. The molecule has 3 aromatic rings. The van der Waals surface area contributed by atoms with Crippen LogP contribution in [0.2, 0.25) is 0 Å². The zero-order valence-electron chi connectivity index (χ0n) is 14.1. The van der Waals surface area contributed by atoms with Gasteiger partial charge in [0.05, 0.1) is 0 Å². The van der Waals surface area contributed by atoms with Crippen molar-refractivity contribution in [3.8, 4) is 11.5 Å². The van der Waals surface area contributed by atoms with E-state index < -0.39 is 47.5 Å². The Kier molecular flexibility index (Phi) is 4.89. The first-order valence-corrected chi connectivity index (χ1v) is 7.52. The number of ether oxygens (including phenoxy) is 2. The Bertz CT molecular complexity index is 958. The smallest absolute Gasteiger partial charge is 0.414 e. The van der Waals surface area contributed by atoms with Crippen LogP contribution in [-0.2, 0) is 6.61 Å². The van der Waals surface area contributed by atoms with Crippen LogP contribution in [0.25, 0.3) is 11.1 Å². The van der Waals surface area contributed by atoms with E-state index in [9.17, 15) is 22.4 Å². The molecule has 0 N–H and O–H groups in total. The van der Waals surface area contributed by atoms with Crippen molar-refractivity contribution >= 4 is 17.2 Å². The molecule has 0 unspecified atom stereocenters. The highest BCUT2D eigenvalue weighted by atomic mass is 19.2. The third kappa shape index (κ3) is 3.50. The predicted octanol–water partition coefficient (Wildman–Crippen LogP) is 4.02. The Morgan fingerprint density at radius 3 is 2.22 bits per heavy atom. The lowest BCUT2D eigenvalue weighted by atomic mass is 10.2. The Morgan fingerprint density at radius 1 is 1.04 bits per heavy atom. The summed E-state index contributed by atoms with van der Waals surface area (Å²) in [6.07, 6.45) is -1.22. The molecule has 27 heavy (non-hydrogen) atoms. The number of nitrogens with zero attached hydrogens (tertiary/aromatic N) is 2. The Balaban J connectivity index is 1.88. The number of halogens is 4. The van der Waals surface area contributed by atoms with Crippen LogP contribution in [-0.4, -0.2) is 30.1 Å². The lowest BCUT2D eigenvalue weighted by Crippen LogP contribution is -2.26. The summed E-state index contributed by atoms with van der Waals surface area (Å²) in [7, 11) is 2.45. The lowest BCUT2D eigenvalue weighted by molar-refractivity contribution is 0.165. The van der Waals surface area contributed by atoms with Gasteiger partial charge in [0.1, 0.15) is 5.52 Å². The number of fused-ring (bicyclic) bond motifs is 1. The maximum Gasteiger partial charge on any atom is 0.414 e. The minimum Gasteiger partial charge on any atom is -0.478 e. The van der Waals surface area contributed by atoms with Crippen molar-refractivity contribution in [3.63, 3.8) is 0 Å². The number of carbonyl (C=O) groups is 1. The largest absolute Gasteiger partial charge is 0.478 e. The summed E-state index contributed by atoms with van der Waals surface area (Å²) in [5.41, 5.74) is 0.876. The van der Waals surface area contributed by atoms with Gasteiger partial charge in [-0.25, -0.2) is 9.78 Å². The van der Waals surface area contributed by atoms with Gasteiger partial charge >= 0.3 is 6.09 Å². The summed E-state index contributed by atoms with van der Waals surface area (Å²) in [6.45, 7) is -0.585. The summed E-state index contributed by atoms with van der Waals surface area (Å²) < 4.78 is 70.7. The van der Waals surface area contributed by atoms with Gasteiger partial charge in [0.2, 0.25) is 34.9 Å². The molecule has 0 saturated carbocycles. The number of amides is 1. The minimum atomic E-state index is -1.91. The van der Waals surface area contributed by atoms with Gasteiger partial charge in [0, 0.05) is 14.1 Å². The average molecular weight is 384 g/mol. The first-order valence-electron chi connectivity index (χ1n) is 7.52. The van der Waals surface area contributed by atoms with Crippen LogP contribution >= 0.6 is 0 Å². The van der Waals surface area contributed by atoms with Gasteiger partial charge in [-0.15, -0.1) is 0 Å². The van der Waals surface area contributed by atoms with Crippen LogP contribution in [0.3, 0.4) is 0 Å². The first-order chi connectivity index (χ1) is 12.8. The molecule has 0 bridgehead atoms. The molecule has 0 aliphatic heterocycles. The zero-order valence-corrected chi connectivity index (χ0v) is 14.1. The minimum absolute atomic E-state index is 0.0565. The van der Waals surface area contributed by atoms with E-state index in [0.29, 0.717) is 11.1 Å². The zero-order chi connectivity index (χ0) is 19.7. The molecule has 6 nitrogen and oxygen atoms in total. The molecule has 0 saturated heterocycles. The molecular weight excluding hydrogens is 372 g/mol. The second kappa shape index (κ2) is 7.14. The third-order valence-electron chi connectivity index (χ3n) is 3.42. The van der Waals surface area contributed by atoms with Crippen molar-refractivity contribution in [3.05, 3.63) is 53.4 Å². The van der Waals surface area contributed by atoms with E-state index in [1.807, 2.05) is 0 Å². The average Bonchev–Trinajstić information content (AvgIpc) is 3.06. The van der Waals surface area contributed by atoms with Gasteiger partial charge in [0.15, 0.2) is 17.9 Å². The van der Waals surface area contributed by atoms with Crippen molar-refractivity contribution in [1.82, 2.24) is 9.88 Å². The topological polar surface area (TPSA) is 64.8 Å². The summed E-state index contributed by atoms with van der Waals surface area (Å²) in [6, 6.07) is 6.64. The first kappa shape index (κ1) is 18.5. The summed E-state index contributed by atoms with van der Waals surface area (Å²) in [4.78, 5) is 16.2. The second-order valence-electron chi connectivity index (χ2n) is 5.54. The molecule has 0 atom stereocenters. The number of aromatic nitrogens is 1. The molecule has 10 heteroatoms. The molecule has 1 aromatic heterocycles. The maximum absolute atomic E-state index is 14.1. The van der Waals surface area contributed by atoms with E-state index in [4.69, 9.17) is 9.15 Å². The van der Waals surface area contributed by atoms with Crippen LogP contribution in [0.5, 0.6) is 11.5 Å². The van der Waals surface area contributed by atoms with Gasteiger partial charge in [-0.05, 0) is 12.1 Å². The number of oxazole rings is 1. The predicted molar refractivity (Wildman–Crippen MR) is 84.3 cm³/mol. The fourth-order valence-electron chi connectivity index (χ4n) is 2.10. The molecule has 1 heterocycles. The highest BCUT2D eigenvalue weighted by molar-refractivity contribution is 5.72. The van der Waals surface area contributed by atoms with E-state index >= 15 is 0 Å². The Labute approximate surface area is 149 Å². The standard InChI is InChI=1S/C17H12F4N2O4/c1-23(2)17(24)27-16-13(20)11(18)15(12(19)14(16)21)25-7-10-22-8-5-3-4-6-9(8)26-10/h3-6H,7H2,1-2H3. The van der Waals surface area contributed by atoms with Crippen molar-refractivity contribution < 1.29 is 36.2 Å². The maximum atomic E-state index is 14.1. The molecule has 3 rings (SSSR count). The number of para-hydroxylation sites is 2. The molecule has 0 aliphatic rings. The Hall–Kier alpha value is -3.30. The monoisotopic (exact) mass is 384 g/mol. The van der Waals surface area contributed by atoms with Crippen LogP contribution < -0.4 is 9.47 Å². The van der Waals surface area contributed by atoms with Gasteiger partial charge in [-0.2, -0.15) is 17.6 Å². The van der Waals surface area contributed by atoms with Gasteiger partial charge in [-0.1, -0.05) is 12.1 Å².